The monoisotopic (exact) mass is 232 g/mol. The molecule has 0 saturated carbocycles. The zero-order chi connectivity index (χ0) is 11.4. The van der Waals surface area contributed by atoms with Crippen molar-refractivity contribution < 1.29 is 4.39 Å². The lowest BCUT2D eigenvalue weighted by molar-refractivity contribution is 0.612. The molecule has 1 N–H and O–H groups in total. The van der Waals surface area contributed by atoms with E-state index in [1.165, 1.54) is 6.07 Å². The Morgan fingerprint density at radius 3 is 2.88 bits per heavy atom. The summed E-state index contributed by atoms with van der Waals surface area (Å²) in [5.74, 6) is -0.346. The average Bonchev–Trinajstić information content (AvgIpc) is 2.80. The number of thiophene rings is 1. The number of nitrogens with one attached hydrogen (secondary N) is 1. The van der Waals surface area contributed by atoms with Crippen LogP contribution in [0.1, 0.15) is 11.1 Å². The smallest absolute Gasteiger partial charge is 0.129 e. The van der Waals surface area contributed by atoms with E-state index in [4.69, 9.17) is 5.26 Å². The zero-order valence-electron chi connectivity index (χ0n) is 8.40. The van der Waals surface area contributed by atoms with Crippen molar-refractivity contribution in [3.8, 4) is 6.07 Å². The second kappa shape index (κ2) is 4.77. The Kier molecular flexibility index (Phi) is 3.18. The highest BCUT2D eigenvalue weighted by molar-refractivity contribution is 7.08. The van der Waals surface area contributed by atoms with Crippen molar-refractivity contribution in [1.29, 1.82) is 5.26 Å². The predicted octanol–water partition coefficient (Wildman–Crippen LogP) is 3.37. The molecular formula is C12H9FN2S. The van der Waals surface area contributed by atoms with Crippen LogP contribution in [0.4, 0.5) is 10.1 Å². The molecule has 0 unspecified atom stereocenters. The third-order valence-electron chi connectivity index (χ3n) is 2.19. The molecule has 2 rings (SSSR count). The van der Waals surface area contributed by atoms with E-state index in [0.717, 1.165) is 5.69 Å². The summed E-state index contributed by atoms with van der Waals surface area (Å²) in [5.41, 5.74) is 1.88. The van der Waals surface area contributed by atoms with Crippen LogP contribution in [0.25, 0.3) is 0 Å². The molecule has 16 heavy (non-hydrogen) atoms. The molecule has 80 valence electrons. The van der Waals surface area contributed by atoms with Crippen molar-refractivity contribution in [1.82, 2.24) is 0 Å². The highest BCUT2D eigenvalue weighted by Crippen LogP contribution is 2.15. The van der Waals surface area contributed by atoms with Crippen molar-refractivity contribution in [3.63, 3.8) is 0 Å². The Morgan fingerprint density at radius 2 is 2.25 bits per heavy atom. The SMILES string of the molecule is N#Cc1ccc(CNc2ccsc2)c(F)c1. The predicted molar refractivity (Wildman–Crippen MR) is 62.8 cm³/mol. The molecule has 1 aromatic heterocycles. The number of anilines is 1. The van der Waals surface area contributed by atoms with Crippen LogP contribution in [-0.4, -0.2) is 0 Å². The van der Waals surface area contributed by atoms with E-state index in [-0.39, 0.29) is 5.82 Å². The molecule has 0 aliphatic heterocycles. The Labute approximate surface area is 97.0 Å². The maximum absolute atomic E-state index is 13.5. The fourth-order valence-electron chi connectivity index (χ4n) is 1.32. The molecule has 0 aliphatic rings. The van der Waals surface area contributed by atoms with Gasteiger partial charge in [-0.25, -0.2) is 4.39 Å². The van der Waals surface area contributed by atoms with Crippen molar-refractivity contribution in [2.24, 2.45) is 0 Å². The molecular weight excluding hydrogens is 223 g/mol. The number of hydrogen-bond donors (Lipinski definition) is 1. The summed E-state index contributed by atoms with van der Waals surface area (Å²) in [6, 6.07) is 8.35. The Hall–Kier alpha value is -1.86. The molecule has 0 saturated heterocycles. The maximum atomic E-state index is 13.5. The van der Waals surface area contributed by atoms with E-state index in [9.17, 15) is 4.39 Å². The average molecular weight is 232 g/mol. The number of hydrogen-bond acceptors (Lipinski definition) is 3. The Morgan fingerprint density at radius 1 is 1.38 bits per heavy atom. The number of rotatable bonds is 3. The molecule has 1 heterocycles. The Bertz CT molecular complexity index is 514. The normalized spacial score (nSPS) is 9.75. The summed E-state index contributed by atoms with van der Waals surface area (Å²) >= 11 is 1.59. The van der Waals surface area contributed by atoms with E-state index >= 15 is 0 Å². The Balaban J connectivity index is 2.08. The van der Waals surface area contributed by atoms with E-state index in [1.54, 1.807) is 23.5 Å². The largest absolute Gasteiger partial charge is 0.380 e. The summed E-state index contributed by atoms with van der Waals surface area (Å²) in [7, 11) is 0. The summed E-state index contributed by atoms with van der Waals surface area (Å²) in [5, 5.41) is 15.6. The molecule has 0 amide bonds. The summed E-state index contributed by atoms with van der Waals surface area (Å²) in [4.78, 5) is 0. The molecule has 2 aromatic rings. The van der Waals surface area contributed by atoms with Gasteiger partial charge in [0, 0.05) is 23.2 Å². The minimum Gasteiger partial charge on any atom is -0.380 e. The van der Waals surface area contributed by atoms with Gasteiger partial charge in [-0.2, -0.15) is 16.6 Å². The van der Waals surface area contributed by atoms with Gasteiger partial charge >= 0.3 is 0 Å². The molecule has 0 fully saturated rings. The molecule has 2 nitrogen and oxygen atoms in total. The quantitative estimate of drug-likeness (QED) is 0.880. The van der Waals surface area contributed by atoms with Gasteiger partial charge in [0.15, 0.2) is 0 Å². The van der Waals surface area contributed by atoms with Crippen LogP contribution < -0.4 is 5.32 Å². The lowest BCUT2D eigenvalue weighted by Gasteiger charge is -2.05. The zero-order valence-corrected chi connectivity index (χ0v) is 9.22. The van der Waals surface area contributed by atoms with Crippen LogP contribution in [0.15, 0.2) is 35.0 Å². The van der Waals surface area contributed by atoms with Crippen molar-refractivity contribution in [2.75, 3.05) is 5.32 Å². The van der Waals surface area contributed by atoms with Gasteiger partial charge in [-0.3, -0.25) is 0 Å². The van der Waals surface area contributed by atoms with Crippen molar-refractivity contribution in [3.05, 3.63) is 52.0 Å². The topological polar surface area (TPSA) is 35.8 Å². The lowest BCUT2D eigenvalue weighted by Crippen LogP contribution is -2.01. The molecule has 0 bridgehead atoms. The molecule has 0 aliphatic carbocycles. The van der Waals surface area contributed by atoms with Gasteiger partial charge < -0.3 is 5.32 Å². The van der Waals surface area contributed by atoms with Crippen LogP contribution in [-0.2, 0) is 6.54 Å². The highest BCUT2D eigenvalue weighted by atomic mass is 32.1. The van der Waals surface area contributed by atoms with E-state index in [1.807, 2.05) is 22.9 Å². The first kappa shape index (κ1) is 10.7. The third kappa shape index (κ3) is 2.38. The molecule has 4 heteroatoms. The van der Waals surface area contributed by atoms with Gasteiger partial charge in [-0.05, 0) is 23.6 Å². The van der Waals surface area contributed by atoms with Gasteiger partial charge in [0.1, 0.15) is 5.82 Å². The van der Waals surface area contributed by atoms with Crippen molar-refractivity contribution in [2.45, 2.75) is 6.54 Å². The van der Waals surface area contributed by atoms with Crippen molar-refractivity contribution >= 4 is 17.0 Å². The van der Waals surface area contributed by atoms with E-state index < -0.39 is 0 Å². The molecule has 0 atom stereocenters. The first-order valence-corrected chi connectivity index (χ1v) is 5.68. The molecule has 1 aromatic carbocycles. The second-order valence-corrected chi connectivity index (χ2v) is 4.06. The summed E-state index contributed by atoms with van der Waals surface area (Å²) in [6.45, 7) is 0.425. The van der Waals surface area contributed by atoms with Gasteiger partial charge in [-0.1, -0.05) is 6.07 Å². The summed E-state index contributed by atoms with van der Waals surface area (Å²) in [6.07, 6.45) is 0. The van der Waals surface area contributed by atoms with Gasteiger partial charge in [0.05, 0.1) is 11.6 Å². The second-order valence-electron chi connectivity index (χ2n) is 3.28. The maximum Gasteiger partial charge on any atom is 0.129 e. The fourth-order valence-corrected chi connectivity index (χ4v) is 1.93. The first-order chi connectivity index (χ1) is 7.79. The lowest BCUT2D eigenvalue weighted by atomic mass is 10.1. The summed E-state index contributed by atoms with van der Waals surface area (Å²) < 4.78 is 13.5. The third-order valence-corrected chi connectivity index (χ3v) is 2.87. The van der Waals surface area contributed by atoms with Gasteiger partial charge in [0.2, 0.25) is 0 Å². The van der Waals surface area contributed by atoms with Crippen LogP contribution in [0.5, 0.6) is 0 Å². The number of halogens is 1. The van der Waals surface area contributed by atoms with Gasteiger partial charge in [-0.15, -0.1) is 0 Å². The first-order valence-electron chi connectivity index (χ1n) is 4.74. The number of nitrogens with zero attached hydrogens (tertiary/aromatic N) is 1. The van der Waals surface area contributed by atoms with E-state index in [0.29, 0.717) is 17.7 Å². The standard InChI is InChI=1S/C12H9FN2S/c13-12-5-9(6-14)1-2-10(12)7-15-11-3-4-16-8-11/h1-5,8,15H,7H2. The minimum absolute atomic E-state index is 0.344. The van der Waals surface area contributed by atoms with Crippen LogP contribution in [0, 0.1) is 17.1 Å². The molecule has 0 radical (unpaired) electrons. The van der Waals surface area contributed by atoms with Crippen LogP contribution >= 0.6 is 11.3 Å². The highest BCUT2D eigenvalue weighted by Gasteiger charge is 2.03. The van der Waals surface area contributed by atoms with E-state index in [2.05, 4.69) is 5.32 Å². The van der Waals surface area contributed by atoms with Gasteiger partial charge in [0.25, 0.3) is 0 Å². The number of nitriles is 1. The fraction of sp³-hybridized carbons (Fsp3) is 0.0833. The number of benzene rings is 1. The minimum atomic E-state index is -0.346. The van der Waals surface area contributed by atoms with Crippen LogP contribution in [0.2, 0.25) is 0 Å². The molecule has 0 spiro atoms. The van der Waals surface area contributed by atoms with Crippen LogP contribution in [0.3, 0.4) is 0 Å².